The summed E-state index contributed by atoms with van der Waals surface area (Å²) < 4.78 is 11.2. The van der Waals surface area contributed by atoms with Crippen LogP contribution >= 0.6 is 15.9 Å². The van der Waals surface area contributed by atoms with Gasteiger partial charge in [0.05, 0.1) is 6.21 Å². The Hall–Kier alpha value is -1.60. The number of hydrogen-bond acceptors (Lipinski definition) is 5. The molecule has 0 aromatic heterocycles. The van der Waals surface area contributed by atoms with Crippen molar-refractivity contribution in [1.29, 1.82) is 0 Å². The number of benzene rings is 1. The molecule has 1 aliphatic heterocycles. The fourth-order valence-corrected chi connectivity index (χ4v) is 1.72. The SMILES string of the molecule is C[C@H](O)C(=O)NN=Cc1cc2c(cc1Br)OCO2. The number of nitrogens with zero attached hydrogens (tertiary/aromatic N) is 1. The zero-order valence-corrected chi connectivity index (χ0v) is 11.1. The van der Waals surface area contributed by atoms with Gasteiger partial charge in [0.15, 0.2) is 11.5 Å². The summed E-state index contributed by atoms with van der Waals surface area (Å²) >= 11 is 3.36. The zero-order chi connectivity index (χ0) is 13.1. The molecule has 0 unspecified atom stereocenters. The monoisotopic (exact) mass is 314 g/mol. The Balaban J connectivity index is 2.10. The van der Waals surface area contributed by atoms with Gasteiger partial charge in [-0.1, -0.05) is 0 Å². The average Bonchev–Trinajstić information content (AvgIpc) is 2.75. The van der Waals surface area contributed by atoms with Crippen LogP contribution in [0.25, 0.3) is 0 Å². The van der Waals surface area contributed by atoms with E-state index >= 15 is 0 Å². The molecule has 0 bridgehead atoms. The summed E-state index contributed by atoms with van der Waals surface area (Å²) in [7, 11) is 0. The minimum Gasteiger partial charge on any atom is -0.454 e. The Kier molecular flexibility index (Phi) is 3.83. The van der Waals surface area contributed by atoms with Crippen LogP contribution in [0.2, 0.25) is 0 Å². The maximum absolute atomic E-state index is 11.1. The second-order valence-corrected chi connectivity index (χ2v) is 4.49. The molecular weight excluding hydrogens is 304 g/mol. The highest BCUT2D eigenvalue weighted by atomic mass is 79.9. The van der Waals surface area contributed by atoms with Crippen molar-refractivity contribution < 1.29 is 19.4 Å². The quantitative estimate of drug-likeness (QED) is 0.644. The number of amides is 1. The molecule has 0 fully saturated rings. The molecule has 1 atom stereocenters. The normalized spacial score (nSPS) is 14.8. The number of aliphatic hydroxyl groups is 1. The molecular formula is C11H11BrN2O4. The Morgan fingerprint density at radius 2 is 2.22 bits per heavy atom. The third kappa shape index (κ3) is 2.80. The number of rotatable bonds is 3. The van der Waals surface area contributed by atoms with Crippen molar-refractivity contribution in [3.63, 3.8) is 0 Å². The number of halogens is 1. The molecule has 96 valence electrons. The van der Waals surface area contributed by atoms with Gasteiger partial charge in [0.25, 0.3) is 5.91 Å². The van der Waals surface area contributed by atoms with Crippen molar-refractivity contribution in [2.75, 3.05) is 6.79 Å². The van der Waals surface area contributed by atoms with Gasteiger partial charge in [-0.05, 0) is 35.0 Å². The third-order valence-electron chi connectivity index (χ3n) is 2.25. The molecule has 2 N–H and O–H groups in total. The van der Waals surface area contributed by atoms with Crippen molar-refractivity contribution in [3.05, 3.63) is 22.2 Å². The summed E-state index contributed by atoms with van der Waals surface area (Å²) in [4.78, 5) is 11.1. The summed E-state index contributed by atoms with van der Waals surface area (Å²) in [5.74, 6) is 0.719. The van der Waals surface area contributed by atoms with E-state index in [1.165, 1.54) is 13.1 Å². The molecule has 1 aromatic carbocycles. The molecule has 0 radical (unpaired) electrons. The minimum atomic E-state index is -1.10. The van der Waals surface area contributed by atoms with Crippen LogP contribution in [0.1, 0.15) is 12.5 Å². The maximum atomic E-state index is 11.1. The molecule has 0 saturated heterocycles. The fourth-order valence-electron chi connectivity index (χ4n) is 1.29. The van der Waals surface area contributed by atoms with Crippen molar-refractivity contribution >= 4 is 28.1 Å². The van der Waals surface area contributed by atoms with Crippen LogP contribution < -0.4 is 14.9 Å². The predicted molar refractivity (Wildman–Crippen MR) is 67.7 cm³/mol. The number of carbonyl (C=O) groups is 1. The predicted octanol–water partition coefficient (Wildman–Crippen LogP) is 1.01. The van der Waals surface area contributed by atoms with E-state index in [1.807, 2.05) is 0 Å². The number of fused-ring (bicyclic) bond motifs is 1. The van der Waals surface area contributed by atoms with Gasteiger partial charge in [0.2, 0.25) is 6.79 Å². The molecule has 1 aromatic rings. The molecule has 7 heteroatoms. The third-order valence-corrected chi connectivity index (χ3v) is 2.94. The summed E-state index contributed by atoms with van der Waals surface area (Å²) in [6.45, 7) is 1.56. The second kappa shape index (κ2) is 5.36. The fraction of sp³-hybridized carbons (Fsp3) is 0.273. The first-order valence-corrected chi connectivity index (χ1v) is 5.97. The van der Waals surface area contributed by atoms with Crippen LogP contribution in [0.3, 0.4) is 0 Å². The Morgan fingerprint density at radius 1 is 1.56 bits per heavy atom. The molecule has 6 nitrogen and oxygen atoms in total. The largest absolute Gasteiger partial charge is 0.454 e. The van der Waals surface area contributed by atoms with Gasteiger partial charge in [-0.25, -0.2) is 5.43 Å². The van der Waals surface area contributed by atoms with E-state index in [2.05, 4.69) is 26.5 Å². The standard InChI is InChI=1S/C11H11BrN2O4/c1-6(15)11(16)14-13-4-7-2-9-10(3-8(7)12)18-5-17-9/h2-4,6,15H,5H2,1H3,(H,14,16)/t6-/m0/s1. The van der Waals surface area contributed by atoms with E-state index in [0.29, 0.717) is 11.5 Å². The molecule has 0 aliphatic carbocycles. The van der Waals surface area contributed by atoms with Crippen LogP contribution in [0.5, 0.6) is 11.5 Å². The van der Waals surface area contributed by atoms with Gasteiger partial charge in [-0.3, -0.25) is 4.79 Å². The van der Waals surface area contributed by atoms with Crippen LogP contribution in [0.15, 0.2) is 21.7 Å². The topological polar surface area (TPSA) is 80.2 Å². The van der Waals surface area contributed by atoms with Gasteiger partial charge >= 0.3 is 0 Å². The highest BCUT2D eigenvalue weighted by Gasteiger charge is 2.15. The first-order valence-electron chi connectivity index (χ1n) is 5.18. The zero-order valence-electron chi connectivity index (χ0n) is 9.51. The van der Waals surface area contributed by atoms with Gasteiger partial charge in [-0.15, -0.1) is 0 Å². The van der Waals surface area contributed by atoms with Gasteiger partial charge in [0.1, 0.15) is 6.10 Å². The number of hydrazone groups is 1. The molecule has 1 amide bonds. The smallest absolute Gasteiger partial charge is 0.268 e. The number of hydrogen-bond donors (Lipinski definition) is 2. The summed E-state index contributed by atoms with van der Waals surface area (Å²) in [6, 6.07) is 3.50. The lowest BCUT2D eigenvalue weighted by molar-refractivity contribution is -0.128. The van der Waals surface area contributed by atoms with E-state index in [4.69, 9.17) is 14.6 Å². The van der Waals surface area contributed by atoms with E-state index in [9.17, 15) is 4.79 Å². The molecule has 2 rings (SSSR count). The number of carbonyl (C=O) groups excluding carboxylic acids is 1. The van der Waals surface area contributed by atoms with Gasteiger partial charge in [-0.2, -0.15) is 5.10 Å². The van der Waals surface area contributed by atoms with Crippen LogP contribution in [0.4, 0.5) is 0 Å². The number of nitrogens with one attached hydrogen (secondary N) is 1. The van der Waals surface area contributed by atoms with Crippen molar-refractivity contribution in [2.24, 2.45) is 5.10 Å². The Labute approximate surface area is 112 Å². The Bertz CT molecular complexity index is 502. The molecule has 18 heavy (non-hydrogen) atoms. The van der Waals surface area contributed by atoms with Crippen molar-refractivity contribution in [3.8, 4) is 11.5 Å². The molecule has 0 saturated carbocycles. The Morgan fingerprint density at radius 3 is 2.89 bits per heavy atom. The molecule has 1 aliphatic rings. The molecule has 0 spiro atoms. The van der Waals surface area contributed by atoms with Crippen LogP contribution in [-0.2, 0) is 4.79 Å². The second-order valence-electron chi connectivity index (χ2n) is 3.64. The summed E-state index contributed by atoms with van der Waals surface area (Å²) in [5, 5.41) is 12.7. The lowest BCUT2D eigenvalue weighted by atomic mass is 10.2. The van der Waals surface area contributed by atoms with E-state index in [1.54, 1.807) is 12.1 Å². The number of aliphatic hydroxyl groups excluding tert-OH is 1. The first kappa shape index (κ1) is 12.8. The lowest BCUT2D eigenvalue weighted by Crippen LogP contribution is -2.28. The highest BCUT2D eigenvalue weighted by molar-refractivity contribution is 9.10. The van der Waals surface area contributed by atoms with Gasteiger partial charge in [0, 0.05) is 10.0 Å². The minimum absolute atomic E-state index is 0.196. The summed E-state index contributed by atoms with van der Waals surface area (Å²) in [5.41, 5.74) is 2.94. The highest BCUT2D eigenvalue weighted by Crippen LogP contribution is 2.36. The lowest BCUT2D eigenvalue weighted by Gasteiger charge is -2.03. The van der Waals surface area contributed by atoms with Crippen molar-refractivity contribution in [1.82, 2.24) is 5.43 Å². The molecule has 1 heterocycles. The van der Waals surface area contributed by atoms with E-state index in [-0.39, 0.29) is 6.79 Å². The average molecular weight is 315 g/mol. The number of ether oxygens (including phenoxy) is 2. The van der Waals surface area contributed by atoms with Crippen molar-refractivity contribution in [2.45, 2.75) is 13.0 Å². The van der Waals surface area contributed by atoms with E-state index < -0.39 is 12.0 Å². The maximum Gasteiger partial charge on any atom is 0.268 e. The van der Waals surface area contributed by atoms with Crippen LogP contribution in [0, 0.1) is 0 Å². The van der Waals surface area contributed by atoms with E-state index in [0.717, 1.165) is 10.0 Å². The van der Waals surface area contributed by atoms with Gasteiger partial charge < -0.3 is 14.6 Å². The summed E-state index contributed by atoms with van der Waals surface area (Å²) in [6.07, 6.45) is 0.356. The van der Waals surface area contributed by atoms with Crippen LogP contribution in [-0.4, -0.2) is 30.1 Å². The first-order chi connectivity index (χ1) is 8.58.